The van der Waals surface area contributed by atoms with Gasteiger partial charge in [0.2, 0.25) is 0 Å². The molecule has 0 heterocycles. The zero-order valence-electron chi connectivity index (χ0n) is 12.5. The van der Waals surface area contributed by atoms with Crippen LogP contribution in [0.15, 0.2) is 46.9 Å². The Morgan fingerprint density at radius 2 is 1.70 bits per heavy atom. The van der Waals surface area contributed by atoms with E-state index in [9.17, 15) is 0 Å². The summed E-state index contributed by atoms with van der Waals surface area (Å²) in [6, 6.07) is 14.9. The lowest BCUT2D eigenvalue weighted by Gasteiger charge is -2.28. The molecule has 0 N–H and O–H groups in total. The summed E-state index contributed by atoms with van der Waals surface area (Å²) in [6.45, 7) is 9.39. The summed E-state index contributed by atoms with van der Waals surface area (Å²) in [6.07, 6.45) is 0. The number of rotatable bonds is 4. The molecule has 0 amide bonds. The predicted octanol–water partition coefficient (Wildman–Crippen LogP) is 5.48. The van der Waals surface area contributed by atoms with E-state index in [1.807, 2.05) is 19.1 Å². The summed E-state index contributed by atoms with van der Waals surface area (Å²) < 4.78 is 6.64. The van der Waals surface area contributed by atoms with Crippen molar-refractivity contribution in [3.05, 3.63) is 63.6 Å². The molecule has 20 heavy (non-hydrogen) atoms. The Morgan fingerprint density at radius 1 is 1.05 bits per heavy atom. The molecule has 0 aliphatic rings. The number of hydrogen-bond acceptors (Lipinski definition) is 1. The number of ether oxygens (including phenoxy) is 1. The first-order valence-electron chi connectivity index (χ1n) is 6.95. The molecule has 2 aromatic carbocycles. The van der Waals surface area contributed by atoms with E-state index in [0.717, 1.165) is 10.2 Å². The summed E-state index contributed by atoms with van der Waals surface area (Å²) in [7, 11) is 0. The molecular weight excluding hydrogens is 312 g/mol. The van der Waals surface area contributed by atoms with Gasteiger partial charge in [0.15, 0.2) is 0 Å². The fourth-order valence-electron chi connectivity index (χ4n) is 2.56. The lowest BCUT2D eigenvalue weighted by molar-refractivity contribution is 0.340. The minimum Gasteiger partial charge on any atom is -0.494 e. The van der Waals surface area contributed by atoms with Crippen LogP contribution in [0, 0.1) is 6.92 Å². The van der Waals surface area contributed by atoms with E-state index in [4.69, 9.17) is 4.74 Å². The molecule has 1 nitrogen and oxygen atoms in total. The van der Waals surface area contributed by atoms with Gasteiger partial charge in [-0.1, -0.05) is 48.0 Å². The van der Waals surface area contributed by atoms with Crippen LogP contribution in [0.2, 0.25) is 0 Å². The summed E-state index contributed by atoms with van der Waals surface area (Å²) in [5, 5.41) is 0. The van der Waals surface area contributed by atoms with Gasteiger partial charge in [0.25, 0.3) is 0 Å². The predicted molar refractivity (Wildman–Crippen MR) is 88.6 cm³/mol. The second kappa shape index (κ2) is 6.01. The van der Waals surface area contributed by atoms with Crippen molar-refractivity contribution in [2.24, 2.45) is 0 Å². The van der Waals surface area contributed by atoms with Gasteiger partial charge in [-0.25, -0.2) is 0 Å². The number of aryl methyl sites for hydroxylation is 1. The molecule has 106 valence electrons. The van der Waals surface area contributed by atoms with Crippen LogP contribution >= 0.6 is 15.9 Å². The first kappa shape index (κ1) is 15.1. The van der Waals surface area contributed by atoms with Gasteiger partial charge in [-0.2, -0.15) is 0 Å². The Bertz CT molecular complexity index is 585. The molecule has 0 unspecified atom stereocenters. The number of benzene rings is 2. The van der Waals surface area contributed by atoms with E-state index in [1.54, 1.807) is 0 Å². The maximum Gasteiger partial charge on any atom is 0.119 e. The maximum absolute atomic E-state index is 5.51. The third kappa shape index (κ3) is 3.06. The zero-order valence-corrected chi connectivity index (χ0v) is 14.1. The Labute approximate surface area is 130 Å². The summed E-state index contributed by atoms with van der Waals surface area (Å²) >= 11 is 3.57. The first-order chi connectivity index (χ1) is 9.45. The minimum absolute atomic E-state index is 0.0292. The summed E-state index contributed by atoms with van der Waals surface area (Å²) in [4.78, 5) is 0. The van der Waals surface area contributed by atoms with Crippen molar-refractivity contribution in [3.63, 3.8) is 0 Å². The van der Waals surface area contributed by atoms with E-state index < -0.39 is 0 Å². The van der Waals surface area contributed by atoms with Crippen LogP contribution in [-0.2, 0) is 5.41 Å². The van der Waals surface area contributed by atoms with Crippen LogP contribution in [0.25, 0.3) is 0 Å². The lowest BCUT2D eigenvalue weighted by atomic mass is 9.76. The van der Waals surface area contributed by atoms with E-state index in [-0.39, 0.29) is 5.41 Å². The molecule has 0 saturated carbocycles. The van der Waals surface area contributed by atoms with Crippen LogP contribution in [-0.4, -0.2) is 6.61 Å². The average Bonchev–Trinajstić information content (AvgIpc) is 2.42. The number of halogens is 1. The van der Waals surface area contributed by atoms with Crippen molar-refractivity contribution in [3.8, 4) is 5.75 Å². The Morgan fingerprint density at radius 3 is 2.30 bits per heavy atom. The van der Waals surface area contributed by atoms with Crippen LogP contribution in [0.1, 0.15) is 37.5 Å². The highest BCUT2D eigenvalue weighted by Crippen LogP contribution is 2.35. The standard InChI is InChI=1S/C18H21BrO/c1-5-20-16-10-7-14(8-11-16)18(3,4)17-12-15(19)9-6-13(17)2/h6-12H,5H2,1-4H3. The maximum atomic E-state index is 5.51. The van der Waals surface area contributed by atoms with Crippen molar-refractivity contribution in [2.75, 3.05) is 6.61 Å². The van der Waals surface area contributed by atoms with Crippen molar-refractivity contribution < 1.29 is 4.74 Å². The van der Waals surface area contributed by atoms with Crippen molar-refractivity contribution >= 4 is 15.9 Å². The van der Waals surface area contributed by atoms with Gasteiger partial charge in [0.05, 0.1) is 6.61 Å². The van der Waals surface area contributed by atoms with Gasteiger partial charge >= 0.3 is 0 Å². The van der Waals surface area contributed by atoms with Gasteiger partial charge in [0, 0.05) is 9.89 Å². The Balaban J connectivity index is 2.40. The van der Waals surface area contributed by atoms with Crippen molar-refractivity contribution in [1.82, 2.24) is 0 Å². The van der Waals surface area contributed by atoms with E-state index in [0.29, 0.717) is 6.61 Å². The first-order valence-corrected chi connectivity index (χ1v) is 7.74. The van der Waals surface area contributed by atoms with Gasteiger partial charge in [-0.3, -0.25) is 0 Å². The average molecular weight is 333 g/mol. The molecule has 0 aliphatic carbocycles. The largest absolute Gasteiger partial charge is 0.494 e. The Hall–Kier alpha value is -1.28. The summed E-state index contributed by atoms with van der Waals surface area (Å²) in [5.74, 6) is 0.929. The highest BCUT2D eigenvalue weighted by molar-refractivity contribution is 9.10. The van der Waals surface area contributed by atoms with E-state index >= 15 is 0 Å². The molecule has 2 heteroatoms. The SMILES string of the molecule is CCOc1ccc(C(C)(C)c2cc(Br)ccc2C)cc1. The molecule has 2 aromatic rings. The molecule has 0 radical (unpaired) electrons. The highest BCUT2D eigenvalue weighted by atomic mass is 79.9. The van der Waals surface area contributed by atoms with Gasteiger partial charge in [0.1, 0.15) is 5.75 Å². The lowest BCUT2D eigenvalue weighted by Crippen LogP contribution is -2.20. The third-order valence-electron chi connectivity index (χ3n) is 3.76. The normalized spacial score (nSPS) is 11.4. The Kier molecular flexibility index (Phi) is 4.54. The molecule has 0 spiro atoms. The van der Waals surface area contributed by atoms with Crippen LogP contribution in [0.4, 0.5) is 0 Å². The second-order valence-corrected chi connectivity index (χ2v) is 6.46. The monoisotopic (exact) mass is 332 g/mol. The zero-order chi connectivity index (χ0) is 14.8. The van der Waals surface area contributed by atoms with Crippen LogP contribution < -0.4 is 4.74 Å². The highest BCUT2D eigenvalue weighted by Gasteiger charge is 2.25. The van der Waals surface area contributed by atoms with Crippen LogP contribution in [0.5, 0.6) is 5.75 Å². The van der Waals surface area contributed by atoms with Gasteiger partial charge in [-0.05, 0) is 54.8 Å². The minimum atomic E-state index is -0.0292. The third-order valence-corrected chi connectivity index (χ3v) is 4.25. The molecule has 0 saturated heterocycles. The molecular formula is C18H21BrO. The fraction of sp³-hybridized carbons (Fsp3) is 0.333. The van der Waals surface area contributed by atoms with Crippen molar-refractivity contribution in [2.45, 2.75) is 33.1 Å². The molecule has 0 atom stereocenters. The van der Waals surface area contributed by atoms with Gasteiger partial charge < -0.3 is 4.74 Å². The quantitative estimate of drug-likeness (QED) is 0.720. The summed E-state index contributed by atoms with van der Waals surface area (Å²) in [5.41, 5.74) is 3.92. The smallest absolute Gasteiger partial charge is 0.119 e. The van der Waals surface area contributed by atoms with Gasteiger partial charge in [-0.15, -0.1) is 0 Å². The number of hydrogen-bond donors (Lipinski definition) is 0. The molecule has 0 aromatic heterocycles. The molecule has 0 bridgehead atoms. The van der Waals surface area contributed by atoms with E-state index in [2.05, 4.69) is 67.0 Å². The fourth-order valence-corrected chi connectivity index (χ4v) is 2.92. The molecule has 0 fully saturated rings. The van der Waals surface area contributed by atoms with Crippen molar-refractivity contribution in [1.29, 1.82) is 0 Å². The van der Waals surface area contributed by atoms with E-state index in [1.165, 1.54) is 16.7 Å². The topological polar surface area (TPSA) is 9.23 Å². The molecule has 2 rings (SSSR count). The second-order valence-electron chi connectivity index (χ2n) is 5.54. The molecule has 0 aliphatic heterocycles. The van der Waals surface area contributed by atoms with Crippen LogP contribution in [0.3, 0.4) is 0 Å².